The second-order valence-corrected chi connectivity index (χ2v) is 10.9. The Labute approximate surface area is 184 Å². The molecule has 31 heavy (non-hydrogen) atoms. The first-order chi connectivity index (χ1) is 14.7. The van der Waals surface area contributed by atoms with E-state index in [-0.39, 0.29) is 22.3 Å². The number of piperidine rings is 1. The van der Waals surface area contributed by atoms with E-state index in [1.54, 1.807) is 28.6 Å². The number of para-hydroxylation sites is 1. The van der Waals surface area contributed by atoms with Crippen LogP contribution in [0.4, 0.5) is 0 Å². The quantitative estimate of drug-likeness (QED) is 0.711. The molecule has 0 atom stereocenters. The Kier molecular flexibility index (Phi) is 5.83. The summed E-state index contributed by atoms with van der Waals surface area (Å²) in [6.45, 7) is 7.83. The van der Waals surface area contributed by atoms with E-state index in [1.807, 2.05) is 49.9 Å². The van der Waals surface area contributed by atoms with Crippen molar-refractivity contribution in [2.45, 2.75) is 44.6 Å². The molecule has 7 heteroatoms. The molecule has 0 radical (unpaired) electrons. The highest BCUT2D eigenvalue weighted by molar-refractivity contribution is 7.89. The van der Waals surface area contributed by atoms with Crippen LogP contribution in [0.5, 0.6) is 5.75 Å². The molecule has 0 bridgehead atoms. The van der Waals surface area contributed by atoms with Crippen LogP contribution in [0, 0.1) is 12.3 Å². The predicted octanol–water partition coefficient (Wildman–Crippen LogP) is 3.71. The van der Waals surface area contributed by atoms with Crippen LogP contribution in [0.15, 0.2) is 53.4 Å². The third kappa shape index (κ3) is 4.21. The van der Waals surface area contributed by atoms with Gasteiger partial charge in [-0.1, -0.05) is 29.8 Å². The number of carbonyl (C=O) groups is 1. The SMILES string of the molecule is Cc1ccc(C(=O)N2CCC3(CC2)COc2ccccc2S(=O)(=O)N(C(C)C)C3)cc1. The summed E-state index contributed by atoms with van der Waals surface area (Å²) in [6, 6.07) is 14.3. The average molecular weight is 443 g/mol. The third-order valence-electron chi connectivity index (χ3n) is 6.45. The van der Waals surface area contributed by atoms with Crippen LogP contribution in [0.1, 0.15) is 42.6 Å². The zero-order chi connectivity index (χ0) is 22.2. The summed E-state index contributed by atoms with van der Waals surface area (Å²) in [6.07, 6.45) is 1.40. The van der Waals surface area contributed by atoms with E-state index in [2.05, 4.69) is 0 Å². The number of amides is 1. The maximum Gasteiger partial charge on any atom is 0.253 e. The van der Waals surface area contributed by atoms with E-state index >= 15 is 0 Å². The van der Waals surface area contributed by atoms with Crippen molar-refractivity contribution in [1.82, 2.24) is 9.21 Å². The van der Waals surface area contributed by atoms with Gasteiger partial charge in [-0.3, -0.25) is 4.79 Å². The predicted molar refractivity (Wildman–Crippen MR) is 120 cm³/mol. The first-order valence-corrected chi connectivity index (χ1v) is 12.3. The average Bonchev–Trinajstić information content (AvgIpc) is 2.76. The topological polar surface area (TPSA) is 66.9 Å². The van der Waals surface area contributed by atoms with Gasteiger partial charge in [0.15, 0.2) is 0 Å². The van der Waals surface area contributed by atoms with Gasteiger partial charge in [-0.15, -0.1) is 0 Å². The Morgan fingerprint density at radius 2 is 1.68 bits per heavy atom. The maximum atomic E-state index is 13.4. The summed E-state index contributed by atoms with van der Waals surface area (Å²) in [5.74, 6) is 0.436. The molecule has 166 valence electrons. The van der Waals surface area contributed by atoms with Gasteiger partial charge in [0.05, 0.1) is 6.61 Å². The highest BCUT2D eigenvalue weighted by Gasteiger charge is 2.44. The normalized spacial score (nSPS) is 20.6. The number of rotatable bonds is 2. The zero-order valence-corrected chi connectivity index (χ0v) is 19.2. The summed E-state index contributed by atoms with van der Waals surface area (Å²) in [5.41, 5.74) is 1.49. The molecule has 6 nitrogen and oxygen atoms in total. The number of carbonyl (C=O) groups excluding carboxylic acids is 1. The van der Waals surface area contributed by atoms with Crippen LogP contribution in [-0.2, 0) is 10.0 Å². The number of benzene rings is 2. The van der Waals surface area contributed by atoms with Gasteiger partial charge >= 0.3 is 0 Å². The van der Waals surface area contributed by atoms with Crippen molar-refractivity contribution in [3.05, 3.63) is 59.7 Å². The molecular weight excluding hydrogens is 412 g/mol. The second-order valence-electron chi connectivity index (χ2n) is 9.04. The molecule has 0 unspecified atom stereocenters. The van der Waals surface area contributed by atoms with E-state index in [4.69, 9.17) is 4.74 Å². The first-order valence-electron chi connectivity index (χ1n) is 10.8. The Balaban J connectivity index is 1.57. The number of likely N-dealkylation sites (tertiary alicyclic amines) is 1. The molecule has 2 aromatic rings. The Morgan fingerprint density at radius 3 is 2.32 bits per heavy atom. The van der Waals surface area contributed by atoms with Crippen LogP contribution in [0.25, 0.3) is 0 Å². The van der Waals surface area contributed by atoms with E-state index < -0.39 is 10.0 Å². The Bertz CT molecular complexity index is 1060. The lowest BCUT2D eigenvalue weighted by Gasteiger charge is -2.45. The largest absolute Gasteiger partial charge is 0.492 e. The molecule has 1 amide bonds. The van der Waals surface area contributed by atoms with Crippen LogP contribution in [0.2, 0.25) is 0 Å². The van der Waals surface area contributed by atoms with Crippen LogP contribution in [0.3, 0.4) is 0 Å². The summed E-state index contributed by atoms with van der Waals surface area (Å²) < 4.78 is 34.5. The van der Waals surface area contributed by atoms with Gasteiger partial charge in [-0.25, -0.2) is 8.42 Å². The number of ether oxygens (including phenoxy) is 1. The molecule has 2 aliphatic heterocycles. The molecule has 0 saturated carbocycles. The van der Waals surface area contributed by atoms with Crippen molar-refractivity contribution in [3.8, 4) is 5.75 Å². The molecule has 2 aliphatic rings. The summed E-state index contributed by atoms with van der Waals surface area (Å²) in [5, 5.41) is 0. The smallest absolute Gasteiger partial charge is 0.253 e. The molecule has 0 aromatic heterocycles. The molecule has 1 spiro atoms. The highest BCUT2D eigenvalue weighted by Crippen LogP contribution is 2.40. The molecule has 0 aliphatic carbocycles. The van der Waals surface area contributed by atoms with Crippen LogP contribution >= 0.6 is 0 Å². The molecule has 0 N–H and O–H groups in total. The molecule has 1 fully saturated rings. The van der Waals surface area contributed by atoms with Crippen molar-refractivity contribution >= 4 is 15.9 Å². The fourth-order valence-electron chi connectivity index (χ4n) is 4.43. The monoisotopic (exact) mass is 442 g/mol. The number of fused-ring (bicyclic) bond motifs is 1. The number of aryl methyl sites for hydroxylation is 1. The minimum Gasteiger partial charge on any atom is -0.492 e. The van der Waals surface area contributed by atoms with Gasteiger partial charge < -0.3 is 9.64 Å². The van der Waals surface area contributed by atoms with Gasteiger partial charge in [0, 0.05) is 36.7 Å². The zero-order valence-electron chi connectivity index (χ0n) is 18.4. The second kappa shape index (κ2) is 8.28. The molecule has 1 saturated heterocycles. The van der Waals surface area contributed by atoms with E-state index in [0.29, 0.717) is 50.4 Å². The Hall–Kier alpha value is -2.38. The number of nitrogens with zero attached hydrogens (tertiary/aromatic N) is 2. The van der Waals surface area contributed by atoms with Gasteiger partial charge in [0.25, 0.3) is 5.91 Å². The standard InChI is InChI=1S/C24H30N2O4S/c1-18(2)26-16-24(17-30-21-6-4-5-7-22(21)31(26,28)29)12-14-25(15-13-24)23(27)20-10-8-19(3)9-11-20/h4-11,18H,12-17H2,1-3H3. The number of hydrogen-bond acceptors (Lipinski definition) is 4. The molecular formula is C24H30N2O4S. The Morgan fingerprint density at radius 1 is 1.03 bits per heavy atom. The number of hydrogen-bond donors (Lipinski definition) is 0. The lowest BCUT2D eigenvalue weighted by molar-refractivity contribution is 0.0270. The summed E-state index contributed by atoms with van der Waals surface area (Å²) >= 11 is 0. The van der Waals surface area contributed by atoms with E-state index in [0.717, 1.165) is 5.56 Å². The van der Waals surface area contributed by atoms with Gasteiger partial charge in [-0.2, -0.15) is 4.31 Å². The summed E-state index contributed by atoms with van der Waals surface area (Å²) in [4.78, 5) is 15.0. The van der Waals surface area contributed by atoms with Gasteiger partial charge in [-0.05, 0) is 57.9 Å². The lowest BCUT2D eigenvalue weighted by atomic mass is 9.78. The van der Waals surface area contributed by atoms with Crippen LogP contribution in [-0.4, -0.2) is 55.8 Å². The molecule has 4 rings (SSSR count). The van der Waals surface area contributed by atoms with Crippen molar-refractivity contribution in [1.29, 1.82) is 0 Å². The van der Waals surface area contributed by atoms with Crippen LogP contribution < -0.4 is 4.74 Å². The maximum absolute atomic E-state index is 13.4. The van der Waals surface area contributed by atoms with E-state index in [9.17, 15) is 13.2 Å². The number of sulfonamides is 1. The van der Waals surface area contributed by atoms with Gasteiger partial charge in [0.1, 0.15) is 10.6 Å². The molecule has 2 heterocycles. The fourth-order valence-corrected chi connectivity index (χ4v) is 6.31. The van der Waals surface area contributed by atoms with Crippen molar-refractivity contribution in [2.24, 2.45) is 5.41 Å². The van der Waals surface area contributed by atoms with Crippen molar-refractivity contribution < 1.29 is 17.9 Å². The molecule has 2 aromatic carbocycles. The minimum absolute atomic E-state index is 0.0281. The van der Waals surface area contributed by atoms with E-state index in [1.165, 1.54) is 0 Å². The third-order valence-corrected chi connectivity index (χ3v) is 8.51. The first kappa shape index (κ1) is 21.8. The fraction of sp³-hybridized carbons (Fsp3) is 0.458. The summed E-state index contributed by atoms with van der Waals surface area (Å²) in [7, 11) is -3.67. The lowest BCUT2D eigenvalue weighted by Crippen LogP contribution is -2.53. The minimum atomic E-state index is -3.67. The highest BCUT2D eigenvalue weighted by atomic mass is 32.2. The van der Waals surface area contributed by atoms with Crippen molar-refractivity contribution in [3.63, 3.8) is 0 Å². The van der Waals surface area contributed by atoms with Gasteiger partial charge in [0.2, 0.25) is 10.0 Å². The van der Waals surface area contributed by atoms with Crippen molar-refractivity contribution in [2.75, 3.05) is 26.2 Å².